The molecule has 0 aliphatic rings. The van der Waals surface area contributed by atoms with Crippen LogP contribution in [0.5, 0.6) is 11.5 Å². The van der Waals surface area contributed by atoms with Gasteiger partial charge >= 0.3 is 0 Å². The quantitative estimate of drug-likeness (QED) is 0.705. The summed E-state index contributed by atoms with van der Waals surface area (Å²) in [6, 6.07) is 15.0. The van der Waals surface area contributed by atoms with Gasteiger partial charge < -0.3 is 4.74 Å². The molecule has 0 saturated heterocycles. The third kappa shape index (κ3) is 2.95. The molecule has 3 rings (SSSR count). The van der Waals surface area contributed by atoms with Gasteiger partial charge in [-0.1, -0.05) is 23.7 Å². The molecule has 0 bridgehead atoms. The van der Waals surface area contributed by atoms with Gasteiger partial charge in [0.1, 0.15) is 17.8 Å². The minimum absolute atomic E-state index is 0.691. The van der Waals surface area contributed by atoms with E-state index in [4.69, 9.17) is 16.3 Å². The second-order valence-corrected chi connectivity index (χ2v) is 4.64. The lowest BCUT2D eigenvalue weighted by atomic mass is 10.1. The van der Waals surface area contributed by atoms with Crippen LogP contribution in [0.3, 0.4) is 0 Å². The zero-order valence-electron chi connectivity index (χ0n) is 10.5. The largest absolute Gasteiger partial charge is 0.457 e. The molecule has 3 aromatic rings. The van der Waals surface area contributed by atoms with Crippen molar-refractivity contribution in [2.45, 2.75) is 0 Å². The summed E-state index contributed by atoms with van der Waals surface area (Å²) in [5, 5.41) is 0.691. The van der Waals surface area contributed by atoms with Crippen LogP contribution in [0.25, 0.3) is 11.1 Å². The van der Waals surface area contributed by atoms with E-state index >= 15 is 0 Å². The summed E-state index contributed by atoms with van der Waals surface area (Å²) in [6.07, 6.45) is 5.08. The number of aromatic nitrogens is 2. The van der Waals surface area contributed by atoms with E-state index in [1.54, 1.807) is 24.5 Å². The molecule has 0 radical (unpaired) electrons. The molecule has 0 fully saturated rings. The summed E-state index contributed by atoms with van der Waals surface area (Å²) in [4.78, 5) is 8.01. The summed E-state index contributed by atoms with van der Waals surface area (Å²) < 4.78 is 5.73. The van der Waals surface area contributed by atoms with Crippen molar-refractivity contribution in [1.82, 2.24) is 9.97 Å². The summed E-state index contributed by atoms with van der Waals surface area (Å²) in [5.41, 5.74) is 2.03. The monoisotopic (exact) mass is 282 g/mol. The van der Waals surface area contributed by atoms with E-state index in [0.717, 1.165) is 22.6 Å². The van der Waals surface area contributed by atoms with Gasteiger partial charge in [-0.05, 0) is 42.0 Å². The first-order chi connectivity index (χ1) is 9.81. The van der Waals surface area contributed by atoms with Crippen molar-refractivity contribution < 1.29 is 4.74 Å². The Morgan fingerprint density at radius 3 is 1.85 bits per heavy atom. The number of rotatable bonds is 3. The van der Waals surface area contributed by atoms with Gasteiger partial charge in [0.25, 0.3) is 0 Å². The van der Waals surface area contributed by atoms with E-state index in [2.05, 4.69) is 9.97 Å². The maximum Gasteiger partial charge on any atom is 0.127 e. The van der Waals surface area contributed by atoms with E-state index in [1.165, 1.54) is 6.33 Å². The lowest BCUT2D eigenvalue weighted by Crippen LogP contribution is -1.85. The first kappa shape index (κ1) is 12.6. The Hall–Kier alpha value is -2.39. The standard InChI is InChI=1S/C16H11ClN2O/c17-14-3-7-16(8-4-14)20-15-5-1-12(2-6-15)13-9-18-11-19-10-13/h1-11H. The second kappa shape index (κ2) is 5.72. The van der Waals surface area contributed by atoms with Gasteiger partial charge in [-0.3, -0.25) is 0 Å². The summed E-state index contributed by atoms with van der Waals surface area (Å²) >= 11 is 5.84. The van der Waals surface area contributed by atoms with Crippen LogP contribution in [0.4, 0.5) is 0 Å². The first-order valence-electron chi connectivity index (χ1n) is 6.10. The number of hydrogen-bond donors (Lipinski definition) is 0. The van der Waals surface area contributed by atoms with Gasteiger partial charge in [0.05, 0.1) is 0 Å². The Balaban J connectivity index is 1.78. The lowest BCUT2D eigenvalue weighted by Gasteiger charge is -2.06. The van der Waals surface area contributed by atoms with Crippen LogP contribution in [0.2, 0.25) is 5.02 Å². The van der Waals surface area contributed by atoms with Crippen LogP contribution in [0.1, 0.15) is 0 Å². The van der Waals surface area contributed by atoms with Crippen molar-refractivity contribution in [2.24, 2.45) is 0 Å². The number of nitrogens with zero attached hydrogens (tertiary/aromatic N) is 2. The maximum atomic E-state index is 5.84. The molecule has 1 aromatic heterocycles. The average Bonchev–Trinajstić information content (AvgIpc) is 2.51. The molecule has 2 aromatic carbocycles. The lowest BCUT2D eigenvalue weighted by molar-refractivity contribution is 0.483. The highest BCUT2D eigenvalue weighted by molar-refractivity contribution is 6.30. The number of halogens is 1. The normalized spacial score (nSPS) is 10.2. The Labute approximate surface area is 121 Å². The van der Waals surface area contributed by atoms with Crippen molar-refractivity contribution in [3.05, 3.63) is 72.3 Å². The van der Waals surface area contributed by atoms with Crippen molar-refractivity contribution in [2.75, 3.05) is 0 Å². The molecule has 0 spiro atoms. The Morgan fingerprint density at radius 1 is 0.700 bits per heavy atom. The van der Waals surface area contributed by atoms with Crippen LogP contribution >= 0.6 is 11.6 Å². The molecule has 3 nitrogen and oxygen atoms in total. The molecule has 98 valence electrons. The molecule has 1 heterocycles. The van der Waals surface area contributed by atoms with Crippen molar-refractivity contribution in [3.8, 4) is 22.6 Å². The minimum atomic E-state index is 0.691. The molecule has 0 aliphatic heterocycles. The van der Waals surface area contributed by atoms with Crippen LogP contribution in [-0.4, -0.2) is 9.97 Å². The van der Waals surface area contributed by atoms with Crippen LogP contribution < -0.4 is 4.74 Å². The van der Waals surface area contributed by atoms with Crippen molar-refractivity contribution >= 4 is 11.6 Å². The van der Waals surface area contributed by atoms with E-state index in [9.17, 15) is 0 Å². The van der Waals surface area contributed by atoms with E-state index in [1.807, 2.05) is 36.4 Å². The fourth-order valence-corrected chi connectivity index (χ4v) is 1.93. The van der Waals surface area contributed by atoms with Crippen molar-refractivity contribution in [3.63, 3.8) is 0 Å². The fraction of sp³-hybridized carbons (Fsp3) is 0. The van der Waals surface area contributed by atoms with Gasteiger partial charge in [0, 0.05) is 23.0 Å². The van der Waals surface area contributed by atoms with E-state index < -0.39 is 0 Å². The molecular weight excluding hydrogens is 272 g/mol. The molecule has 0 aliphatic carbocycles. The molecular formula is C16H11ClN2O. The van der Waals surface area contributed by atoms with Crippen LogP contribution in [-0.2, 0) is 0 Å². The zero-order valence-corrected chi connectivity index (χ0v) is 11.3. The molecule has 0 atom stereocenters. The third-order valence-corrected chi connectivity index (χ3v) is 3.05. The number of ether oxygens (including phenoxy) is 1. The smallest absolute Gasteiger partial charge is 0.127 e. The fourth-order valence-electron chi connectivity index (χ4n) is 1.80. The minimum Gasteiger partial charge on any atom is -0.457 e. The van der Waals surface area contributed by atoms with Gasteiger partial charge in [-0.2, -0.15) is 0 Å². The number of hydrogen-bond acceptors (Lipinski definition) is 3. The predicted octanol–water partition coefficient (Wildman–Crippen LogP) is 4.59. The Kier molecular flexibility index (Phi) is 3.61. The van der Waals surface area contributed by atoms with E-state index in [0.29, 0.717) is 5.02 Å². The van der Waals surface area contributed by atoms with E-state index in [-0.39, 0.29) is 0 Å². The van der Waals surface area contributed by atoms with Gasteiger partial charge in [-0.25, -0.2) is 9.97 Å². The number of benzene rings is 2. The summed E-state index contributed by atoms with van der Waals surface area (Å²) in [7, 11) is 0. The average molecular weight is 283 g/mol. The van der Waals surface area contributed by atoms with Crippen LogP contribution in [0, 0.1) is 0 Å². The molecule has 4 heteroatoms. The third-order valence-electron chi connectivity index (χ3n) is 2.80. The topological polar surface area (TPSA) is 35.0 Å². The maximum absolute atomic E-state index is 5.84. The van der Waals surface area contributed by atoms with Gasteiger partial charge in [-0.15, -0.1) is 0 Å². The SMILES string of the molecule is Clc1ccc(Oc2ccc(-c3cncnc3)cc2)cc1. The second-order valence-electron chi connectivity index (χ2n) is 4.21. The molecule has 20 heavy (non-hydrogen) atoms. The van der Waals surface area contributed by atoms with Crippen molar-refractivity contribution in [1.29, 1.82) is 0 Å². The molecule has 0 N–H and O–H groups in total. The highest BCUT2D eigenvalue weighted by atomic mass is 35.5. The first-order valence-corrected chi connectivity index (χ1v) is 6.48. The van der Waals surface area contributed by atoms with Gasteiger partial charge in [0.2, 0.25) is 0 Å². The van der Waals surface area contributed by atoms with Gasteiger partial charge in [0.15, 0.2) is 0 Å². The Morgan fingerprint density at radius 2 is 1.25 bits per heavy atom. The summed E-state index contributed by atoms with van der Waals surface area (Å²) in [6.45, 7) is 0. The molecule has 0 amide bonds. The molecule has 0 unspecified atom stereocenters. The highest BCUT2D eigenvalue weighted by Crippen LogP contribution is 2.25. The molecule has 0 saturated carbocycles. The Bertz CT molecular complexity index is 682. The summed E-state index contributed by atoms with van der Waals surface area (Å²) in [5.74, 6) is 1.53. The highest BCUT2D eigenvalue weighted by Gasteiger charge is 2.00. The zero-order chi connectivity index (χ0) is 13.8. The predicted molar refractivity (Wildman–Crippen MR) is 79.0 cm³/mol. The van der Waals surface area contributed by atoms with Crippen LogP contribution in [0.15, 0.2) is 67.3 Å².